The smallest absolute Gasteiger partial charge is 0.335 e. The van der Waals surface area contributed by atoms with Crippen LogP contribution in [0.4, 0.5) is 0 Å². The van der Waals surface area contributed by atoms with Crippen LogP contribution in [0.2, 0.25) is 0 Å². The molecule has 1 aliphatic rings. The number of hydrogen-bond acceptors (Lipinski definition) is 11. The minimum absolute atomic E-state index is 0.0315. The van der Waals surface area contributed by atoms with E-state index in [1.807, 2.05) is 0 Å². The summed E-state index contributed by atoms with van der Waals surface area (Å²) in [4.78, 5) is 51.5. The van der Waals surface area contributed by atoms with Gasteiger partial charge in [-0.1, -0.05) is 261 Å². The number of allylic oxidation sites excluding steroid dienone is 12. The summed E-state index contributed by atoms with van der Waals surface area (Å²) in [5.41, 5.74) is 0. The first-order valence-electron chi connectivity index (χ1n) is 34.9. The van der Waals surface area contributed by atoms with Crippen molar-refractivity contribution in [3.05, 3.63) is 72.9 Å². The number of aliphatic hydroxyl groups excluding tert-OH is 2. The third-order valence-electron chi connectivity index (χ3n) is 15.7. The number of ether oxygens (including phenoxy) is 5. The molecule has 0 aromatic heterocycles. The highest BCUT2D eigenvalue weighted by Gasteiger charge is 2.50. The maximum Gasteiger partial charge on any atom is 0.335 e. The molecule has 1 aliphatic heterocycles. The Morgan fingerprint density at radius 2 is 0.741 bits per heavy atom. The van der Waals surface area contributed by atoms with Crippen LogP contribution in [-0.2, 0) is 42.9 Å². The van der Waals surface area contributed by atoms with E-state index in [9.17, 15) is 34.5 Å². The molecule has 0 aromatic rings. The van der Waals surface area contributed by atoms with Crippen LogP contribution in [0, 0.1) is 0 Å². The van der Waals surface area contributed by atoms with Crippen LogP contribution in [0.15, 0.2) is 72.9 Å². The summed E-state index contributed by atoms with van der Waals surface area (Å²) < 4.78 is 28.6. The lowest BCUT2D eigenvalue weighted by Gasteiger charge is -2.40. The van der Waals surface area contributed by atoms with Crippen molar-refractivity contribution >= 4 is 23.9 Å². The summed E-state index contributed by atoms with van der Waals surface area (Å²) in [7, 11) is 0. The molecule has 6 unspecified atom stereocenters. The number of rotatable bonds is 60. The van der Waals surface area contributed by atoms with Crippen LogP contribution in [0.3, 0.4) is 0 Å². The quantitative estimate of drug-likeness (QED) is 0.0228. The van der Waals surface area contributed by atoms with Gasteiger partial charge in [0, 0.05) is 19.3 Å². The molecule has 1 fully saturated rings. The van der Waals surface area contributed by atoms with E-state index in [0.717, 1.165) is 96.3 Å². The van der Waals surface area contributed by atoms with Crippen LogP contribution in [0.5, 0.6) is 0 Å². The Morgan fingerprint density at radius 1 is 0.400 bits per heavy atom. The van der Waals surface area contributed by atoms with E-state index in [-0.39, 0.29) is 25.9 Å². The fourth-order valence-electron chi connectivity index (χ4n) is 10.4. The summed E-state index contributed by atoms with van der Waals surface area (Å²) in [6.07, 6.45) is 65.7. The van der Waals surface area contributed by atoms with Crippen molar-refractivity contribution in [3.8, 4) is 0 Å². The SMILES string of the molecule is CC/C=C\C/C=C\C/C=C\C/C=C\CCCCCCC(=O)OC1C(OCC(COC(=O)CCCCCCCCCCC/C=C\CCCCCCCC)OC(=O)CCCCCCCCCCC/C=C\CCCCCCCC)OC(C(=O)O)C(O)C1O. The first-order valence-corrected chi connectivity index (χ1v) is 34.9. The van der Waals surface area contributed by atoms with Gasteiger partial charge in [-0.2, -0.15) is 0 Å². The second-order valence-electron chi connectivity index (χ2n) is 23.8. The number of aliphatic carboxylic acids is 1. The van der Waals surface area contributed by atoms with Gasteiger partial charge in [0.25, 0.3) is 0 Å². The number of carbonyl (C=O) groups excluding carboxylic acids is 3. The average molecular weight is 1200 g/mol. The lowest BCUT2D eigenvalue weighted by Crippen LogP contribution is -2.61. The minimum Gasteiger partial charge on any atom is -0.479 e. The molecule has 0 saturated carbocycles. The van der Waals surface area contributed by atoms with Crippen molar-refractivity contribution in [2.24, 2.45) is 0 Å². The van der Waals surface area contributed by atoms with Crippen molar-refractivity contribution in [1.82, 2.24) is 0 Å². The number of esters is 3. The molecular weight excluding hydrogens is 1070 g/mol. The van der Waals surface area contributed by atoms with Gasteiger partial charge in [-0.05, 0) is 109 Å². The summed E-state index contributed by atoms with van der Waals surface area (Å²) in [5, 5.41) is 31.7. The largest absolute Gasteiger partial charge is 0.479 e. The molecule has 0 aromatic carbocycles. The van der Waals surface area contributed by atoms with E-state index in [1.54, 1.807) is 0 Å². The molecule has 1 rings (SSSR count). The van der Waals surface area contributed by atoms with Crippen molar-refractivity contribution < 1.29 is 58.2 Å². The Balaban J connectivity index is 2.65. The monoisotopic (exact) mass is 1190 g/mol. The van der Waals surface area contributed by atoms with E-state index >= 15 is 0 Å². The molecular formula is C73H126O12. The predicted molar refractivity (Wildman–Crippen MR) is 349 cm³/mol. The molecule has 490 valence electrons. The molecule has 1 saturated heterocycles. The number of carboxylic acids is 1. The van der Waals surface area contributed by atoms with Crippen LogP contribution >= 0.6 is 0 Å². The number of unbranched alkanes of at least 4 members (excludes halogenated alkanes) is 34. The van der Waals surface area contributed by atoms with Crippen LogP contribution in [-0.4, -0.2) is 89.2 Å². The second-order valence-corrected chi connectivity index (χ2v) is 23.8. The van der Waals surface area contributed by atoms with Gasteiger partial charge in [-0.25, -0.2) is 4.79 Å². The second kappa shape index (κ2) is 60.4. The first kappa shape index (κ1) is 79.2. The molecule has 0 radical (unpaired) electrons. The van der Waals surface area contributed by atoms with Crippen LogP contribution < -0.4 is 0 Å². The van der Waals surface area contributed by atoms with E-state index in [2.05, 4.69) is 93.7 Å². The zero-order valence-corrected chi connectivity index (χ0v) is 54.3. The molecule has 0 bridgehead atoms. The van der Waals surface area contributed by atoms with E-state index in [4.69, 9.17) is 23.7 Å². The highest BCUT2D eigenvalue weighted by molar-refractivity contribution is 5.74. The number of aliphatic hydroxyl groups is 2. The maximum absolute atomic E-state index is 13.2. The van der Waals surface area contributed by atoms with Gasteiger partial charge in [0.05, 0.1) is 6.61 Å². The zero-order valence-electron chi connectivity index (χ0n) is 54.3. The standard InChI is InChI=1S/C73H126O12/c1-4-7-10-13-16-19-22-25-28-31-33-36-38-41-44-47-50-53-56-59-65(74)81-62-64(83-66(75)60-57-54-51-48-45-42-40-37-34-32-29-26-23-20-17-14-11-8-5-2)63-82-73-71(69(78)68(77)70(85-73)72(79)80)84-67(76)61-58-55-52-49-46-43-39-35-30-27-24-21-18-15-12-9-6-3/h9,12,18,21,25-30,39,43,64,68-71,73,77-78H,4-8,10-11,13-17,19-20,22-24,31-38,40-42,44-63H2,1-3H3,(H,79,80)/b12-9-,21-18-,28-25-,29-26-,30-27-,43-39-. The Kier molecular flexibility index (Phi) is 56.3. The van der Waals surface area contributed by atoms with Crippen molar-refractivity contribution in [3.63, 3.8) is 0 Å². The third-order valence-corrected chi connectivity index (χ3v) is 15.7. The fourth-order valence-corrected chi connectivity index (χ4v) is 10.4. The average Bonchev–Trinajstić information content (AvgIpc) is 2.83. The number of carbonyl (C=O) groups is 4. The normalized spacial score (nSPS) is 17.9. The van der Waals surface area contributed by atoms with Gasteiger partial charge >= 0.3 is 23.9 Å². The van der Waals surface area contributed by atoms with Crippen molar-refractivity contribution in [1.29, 1.82) is 0 Å². The van der Waals surface area contributed by atoms with Crippen molar-refractivity contribution in [2.45, 2.75) is 353 Å². The van der Waals surface area contributed by atoms with E-state index in [1.165, 1.54) is 161 Å². The van der Waals surface area contributed by atoms with E-state index in [0.29, 0.717) is 19.3 Å². The first-order chi connectivity index (χ1) is 41.6. The van der Waals surface area contributed by atoms with Crippen molar-refractivity contribution in [2.75, 3.05) is 13.2 Å². The molecule has 0 spiro atoms. The lowest BCUT2D eigenvalue weighted by molar-refractivity contribution is -0.301. The molecule has 6 atom stereocenters. The minimum atomic E-state index is -1.91. The molecule has 1 heterocycles. The van der Waals surface area contributed by atoms with Gasteiger partial charge in [-0.3, -0.25) is 14.4 Å². The maximum atomic E-state index is 13.2. The number of carboxylic acid groups (broad SMARTS) is 1. The Labute approximate surface area is 518 Å². The van der Waals surface area contributed by atoms with Gasteiger partial charge in [-0.15, -0.1) is 0 Å². The molecule has 12 nitrogen and oxygen atoms in total. The summed E-state index contributed by atoms with van der Waals surface area (Å²) in [6.45, 7) is 5.91. The lowest BCUT2D eigenvalue weighted by atomic mass is 9.98. The Morgan fingerprint density at radius 3 is 1.14 bits per heavy atom. The topological polar surface area (TPSA) is 175 Å². The van der Waals surface area contributed by atoms with Crippen LogP contribution in [0.1, 0.15) is 316 Å². The molecule has 0 aliphatic carbocycles. The van der Waals surface area contributed by atoms with Gasteiger partial charge in [0.2, 0.25) is 0 Å². The fraction of sp³-hybridized carbons (Fsp3) is 0.781. The Hall–Kier alpha value is -3.84. The molecule has 85 heavy (non-hydrogen) atoms. The summed E-state index contributed by atoms with van der Waals surface area (Å²) in [6, 6.07) is 0. The third kappa shape index (κ3) is 49.8. The summed E-state index contributed by atoms with van der Waals surface area (Å²) >= 11 is 0. The molecule has 0 amide bonds. The Bertz CT molecular complexity index is 1750. The molecule has 3 N–H and O–H groups in total. The summed E-state index contributed by atoms with van der Waals surface area (Å²) in [5.74, 6) is -3.14. The number of hydrogen-bond donors (Lipinski definition) is 3. The van der Waals surface area contributed by atoms with Gasteiger partial charge < -0.3 is 39.0 Å². The highest BCUT2D eigenvalue weighted by atomic mass is 16.7. The van der Waals surface area contributed by atoms with Crippen LogP contribution in [0.25, 0.3) is 0 Å². The van der Waals surface area contributed by atoms with Gasteiger partial charge in [0.1, 0.15) is 18.8 Å². The van der Waals surface area contributed by atoms with Gasteiger partial charge in [0.15, 0.2) is 24.6 Å². The highest BCUT2D eigenvalue weighted by Crippen LogP contribution is 2.27. The molecule has 12 heteroatoms. The van der Waals surface area contributed by atoms with E-state index < -0.39 is 67.3 Å². The zero-order chi connectivity index (χ0) is 61.7. The predicted octanol–water partition coefficient (Wildman–Crippen LogP) is 19.2.